The van der Waals surface area contributed by atoms with Gasteiger partial charge in [0, 0.05) is 6.42 Å². The zero-order valence-corrected chi connectivity index (χ0v) is 18.4. The van der Waals surface area contributed by atoms with Crippen molar-refractivity contribution >= 4 is 23.8 Å². The van der Waals surface area contributed by atoms with E-state index >= 15 is 0 Å². The second-order valence-corrected chi connectivity index (χ2v) is 7.48. The highest BCUT2D eigenvalue weighted by atomic mass is 35.5. The molecule has 0 aliphatic heterocycles. The number of methoxy groups -OCH3 is 1. The van der Waals surface area contributed by atoms with Crippen molar-refractivity contribution in [2.75, 3.05) is 12.5 Å². The molecular formula is C21H25ClN4O2S. The Hall–Kier alpha value is -2.51. The maximum absolute atomic E-state index is 6.51. The van der Waals surface area contributed by atoms with Crippen molar-refractivity contribution in [1.82, 2.24) is 14.9 Å². The van der Waals surface area contributed by atoms with Crippen molar-refractivity contribution < 1.29 is 9.47 Å². The maximum Gasteiger partial charge on any atom is 0.214 e. The number of halogens is 1. The van der Waals surface area contributed by atoms with Gasteiger partial charge in [0.2, 0.25) is 4.77 Å². The highest BCUT2D eigenvalue weighted by molar-refractivity contribution is 7.71. The number of aromatic amines is 1. The molecule has 6 nitrogen and oxygen atoms in total. The molecule has 0 radical (unpaired) electrons. The number of hydrogen-bond donors (Lipinski definition) is 2. The lowest BCUT2D eigenvalue weighted by molar-refractivity contribution is 0.284. The highest BCUT2D eigenvalue weighted by Gasteiger charge is 2.13. The topological polar surface area (TPSA) is 64.1 Å². The van der Waals surface area contributed by atoms with Crippen LogP contribution in [0.5, 0.6) is 11.5 Å². The Morgan fingerprint density at radius 1 is 1.28 bits per heavy atom. The van der Waals surface area contributed by atoms with Crippen LogP contribution in [-0.2, 0) is 19.6 Å². The molecule has 0 bridgehead atoms. The fourth-order valence-corrected chi connectivity index (χ4v) is 3.50. The largest absolute Gasteiger partial charge is 0.493 e. The van der Waals surface area contributed by atoms with E-state index in [1.54, 1.807) is 11.8 Å². The van der Waals surface area contributed by atoms with Crippen LogP contribution in [0.4, 0.5) is 0 Å². The van der Waals surface area contributed by atoms with Gasteiger partial charge in [-0.25, -0.2) is 4.68 Å². The molecule has 8 heteroatoms. The van der Waals surface area contributed by atoms with Crippen LogP contribution in [0, 0.1) is 11.7 Å². The van der Waals surface area contributed by atoms with Gasteiger partial charge in [-0.3, -0.25) is 5.10 Å². The van der Waals surface area contributed by atoms with Crippen LogP contribution >= 0.6 is 23.8 Å². The van der Waals surface area contributed by atoms with Crippen molar-refractivity contribution in [3.8, 4) is 11.5 Å². The standard InChI is InChI=1S/C21H25ClN4O2S/c1-4-7-19-24-25-21(29)26(19)23-12-15-10-17(22)20(18(11-15)27-3)28-13-16-9-6-5-8-14(16)2/h5-6,8-11,23H,4,7,12-13H2,1-3H3,(H,25,29). The first-order valence-electron chi connectivity index (χ1n) is 9.47. The summed E-state index contributed by atoms with van der Waals surface area (Å²) in [5.74, 6) is 1.99. The van der Waals surface area contributed by atoms with Crippen molar-refractivity contribution in [1.29, 1.82) is 0 Å². The quantitative estimate of drug-likeness (QED) is 0.456. The van der Waals surface area contributed by atoms with Gasteiger partial charge in [-0.1, -0.05) is 42.8 Å². The summed E-state index contributed by atoms with van der Waals surface area (Å²) in [5.41, 5.74) is 6.51. The minimum atomic E-state index is 0.422. The fraction of sp³-hybridized carbons (Fsp3) is 0.333. The molecule has 29 heavy (non-hydrogen) atoms. The number of aromatic nitrogens is 3. The minimum absolute atomic E-state index is 0.422. The summed E-state index contributed by atoms with van der Waals surface area (Å²) < 4.78 is 13.8. The molecule has 3 rings (SSSR count). The third-order valence-corrected chi connectivity index (χ3v) is 5.13. The molecule has 2 aromatic carbocycles. The van der Waals surface area contributed by atoms with Gasteiger partial charge < -0.3 is 14.9 Å². The van der Waals surface area contributed by atoms with Gasteiger partial charge in [0.1, 0.15) is 6.61 Å². The molecule has 0 aliphatic rings. The Kier molecular flexibility index (Phi) is 7.17. The summed E-state index contributed by atoms with van der Waals surface area (Å²) in [7, 11) is 1.61. The minimum Gasteiger partial charge on any atom is -0.493 e. The van der Waals surface area contributed by atoms with E-state index in [1.807, 2.05) is 30.3 Å². The third-order valence-electron chi connectivity index (χ3n) is 4.58. The summed E-state index contributed by atoms with van der Waals surface area (Å²) in [5, 5.41) is 7.58. The van der Waals surface area contributed by atoms with Gasteiger partial charge in [0.05, 0.1) is 18.7 Å². The number of H-pyrrole nitrogens is 1. The number of hydrogen-bond acceptors (Lipinski definition) is 5. The lowest BCUT2D eigenvalue weighted by atomic mass is 10.1. The number of aryl methyl sites for hydroxylation is 2. The van der Waals surface area contributed by atoms with Crippen LogP contribution < -0.4 is 14.9 Å². The second kappa shape index (κ2) is 9.80. The van der Waals surface area contributed by atoms with Gasteiger partial charge in [-0.05, 0) is 54.4 Å². The molecule has 0 saturated heterocycles. The number of nitrogens with zero attached hydrogens (tertiary/aromatic N) is 2. The monoisotopic (exact) mass is 432 g/mol. The normalized spacial score (nSPS) is 10.8. The van der Waals surface area contributed by atoms with Gasteiger partial charge in [-0.15, -0.1) is 0 Å². The van der Waals surface area contributed by atoms with Gasteiger partial charge >= 0.3 is 0 Å². The summed E-state index contributed by atoms with van der Waals surface area (Å²) in [6.07, 6.45) is 1.81. The predicted molar refractivity (Wildman–Crippen MR) is 118 cm³/mol. The lowest BCUT2D eigenvalue weighted by Gasteiger charge is -2.16. The Bertz CT molecular complexity index is 1030. The van der Waals surface area contributed by atoms with E-state index in [0.29, 0.717) is 34.4 Å². The summed E-state index contributed by atoms with van der Waals surface area (Å²) in [4.78, 5) is 0. The average molecular weight is 433 g/mol. The van der Waals surface area contributed by atoms with Gasteiger partial charge in [0.15, 0.2) is 17.3 Å². The van der Waals surface area contributed by atoms with E-state index < -0.39 is 0 Å². The first kappa shape index (κ1) is 21.2. The molecule has 0 aliphatic carbocycles. The van der Waals surface area contributed by atoms with E-state index in [1.165, 1.54) is 5.56 Å². The highest BCUT2D eigenvalue weighted by Crippen LogP contribution is 2.37. The molecule has 1 aromatic heterocycles. The molecule has 0 saturated carbocycles. The van der Waals surface area contributed by atoms with Crippen molar-refractivity contribution in [3.63, 3.8) is 0 Å². The summed E-state index contributed by atoms with van der Waals surface area (Å²) >= 11 is 11.8. The average Bonchev–Trinajstić information content (AvgIpc) is 3.06. The molecule has 0 unspecified atom stereocenters. The Morgan fingerprint density at radius 2 is 2.07 bits per heavy atom. The van der Waals surface area contributed by atoms with E-state index in [4.69, 9.17) is 33.3 Å². The third kappa shape index (κ3) is 5.10. The van der Waals surface area contributed by atoms with Crippen molar-refractivity contribution in [3.05, 3.63) is 68.7 Å². The predicted octanol–water partition coefficient (Wildman–Crippen LogP) is 5.19. The SMILES string of the molecule is CCCc1n[nH]c(=S)n1NCc1cc(Cl)c(OCc2ccccc2C)c(OC)c1. The van der Waals surface area contributed by atoms with E-state index in [0.717, 1.165) is 29.8 Å². The Balaban J connectivity index is 1.75. The smallest absolute Gasteiger partial charge is 0.214 e. The number of benzene rings is 2. The van der Waals surface area contributed by atoms with Crippen molar-refractivity contribution in [2.45, 2.75) is 39.8 Å². The van der Waals surface area contributed by atoms with Crippen molar-refractivity contribution in [2.24, 2.45) is 0 Å². The van der Waals surface area contributed by atoms with Crippen LogP contribution in [0.1, 0.15) is 35.9 Å². The molecule has 0 amide bonds. The van der Waals surface area contributed by atoms with E-state index in [-0.39, 0.29) is 0 Å². The maximum atomic E-state index is 6.51. The molecule has 2 N–H and O–H groups in total. The van der Waals surface area contributed by atoms with Crippen LogP contribution in [0.3, 0.4) is 0 Å². The fourth-order valence-electron chi connectivity index (χ4n) is 2.99. The van der Waals surface area contributed by atoms with Gasteiger partial charge in [0.25, 0.3) is 0 Å². The molecule has 1 heterocycles. The zero-order valence-electron chi connectivity index (χ0n) is 16.8. The summed E-state index contributed by atoms with van der Waals surface area (Å²) in [6, 6.07) is 11.9. The van der Waals surface area contributed by atoms with Crippen LogP contribution in [0.25, 0.3) is 0 Å². The zero-order chi connectivity index (χ0) is 20.8. The first-order valence-corrected chi connectivity index (χ1v) is 10.3. The Morgan fingerprint density at radius 3 is 2.79 bits per heavy atom. The van der Waals surface area contributed by atoms with Crippen LogP contribution in [0.2, 0.25) is 5.02 Å². The number of rotatable bonds is 9. The number of ether oxygens (including phenoxy) is 2. The second-order valence-electron chi connectivity index (χ2n) is 6.69. The summed E-state index contributed by atoms with van der Waals surface area (Å²) in [6.45, 7) is 5.09. The Labute approximate surface area is 180 Å². The first-order chi connectivity index (χ1) is 14.0. The van der Waals surface area contributed by atoms with Crippen LogP contribution in [0.15, 0.2) is 36.4 Å². The molecule has 154 valence electrons. The van der Waals surface area contributed by atoms with Crippen LogP contribution in [-0.4, -0.2) is 22.0 Å². The molecule has 0 atom stereocenters. The molecule has 0 fully saturated rings. The number of nitrogens with one attached hydrogen (secondary N) is 2. The molecular weight excluding hydrogens is 408 g/mol. The lowest BCUT2D eigenvalue weighted by Crippen LogP contribution is -2.17. The molecule has 3 aromatic rings. The van der Waals surface area contributed by atoms with E-state index in [9.17, 15) is 0 Å². The van der Waals surface area contributed by atoms with Gasteiger partial charge in [-0.2, -0.15) is 5.10 Å². The van der Waals surface area contributed by atoms with E-state index in [2.05, 4.69) is 35.5 Å². The molecule has 0 spiro atoms.